The van der Waals surface area contributed by atoms with Gasteiger partial charge in [-0.1, -0.05) is 18.2 Å². The van der Waals surface area contributed by atoms with E-state index in [4.69, 9.17) is 0 Å². The molecule has 5 rings (SSSR count). The molecule has 37 heavy (non-hydrogen) atoms. The lowest BCUT2D eigenvalue weighted by molar-refractivity contribution is -0.137. The minimum atomic E-state index is -4.48. The van der Waals surface area contributed by atoms with Gasteiger partial charge in [0.15, 0.2) is 0 Å². The van der Waals surface area contributed by atoms with E-state index in [1.54, 1.807) is 12.1 Å². The van der Waals surface area contributed by atoms with Crippen molar-refractivity contribution < 1.29 is 21.6 Å². The highest BCUT2D eigenvalue weighted by atomic mass is 32.2. The number of pyridine rings is 1. The molecule has 2 aromatic heterocycles. The van der Waals surface area contributed by atoms with Gasteiger partial charge in [-0.05, 0) is 66.4 Å². The average Bonchev–Trinajstić information content (AvgIpc) is 2.88. The minimum absolute atomic E-state index is 0.0152. The third kappa shape index (κ3) is 5.18. The Bertz CT molecular complexity index is 1610. The molecule has 0 unspecified atom stereocenters. The van der Waals surface area contributed by atoms with Gasteiger partial charge in [-0.25, -0.2) is 18.4 Å². The molecule has 4 aromatic rings. The zero-order valence-electron chi connectivity index (χ0n) is 19.7. The summed E-state index contributed by atoms with van der Waals surface area (Å²) in [5.41, 5.74) is 1.62. The van der Waals surface area contributed by atoms with Crippen molar-refractivity contribution in [3.63, 3.8) is 0 Å². The van der Waals surface area contributed by atoms with Crippen LogP contribution in [0.1, 0.15) is 17.5 Å². The number of anilines is 1. The second-order valence-electron chi connectivity index (χ2n) is 8.74. The molecule has 0 atom stereocenters. The first-order chi connectivity index (χ1) is 17.6. The summed E-state index contributed by atoms with van der Waals surface area (Å²) in [7, 11) is -1.98. The van der Waals surface area contributed by atoms with Crippen molar-refractivity contribution in [2.24, 2.45) is 0 Å². The molecule has 1 aliphatic rings. The molecule has 0 spiro atoms. The number of fused-ring (bicyclic) bond motifs is 1. The van der Waals surface area contributed by atoms with Crippen LogP contribution in [0.5, 0.6) is 0 Å². The first-order valence-corrected chi connectivity index (χ1v) is 12.9. The number of nitrogens with zero attached hydrogens (tertiary/aromatic N) is 4. The summed E-state index contributed by atoms with van der Waals surface area (Å²) in [6, 6.07) is 11.3. The number of benzene rings is 2. The predicted molar refractivity (Wildman–Crippen MR) is 135 cm³/mol. The number of alkyl halides is 3. The quantitative estimate of drug-likeness (QED) is 0.384. The summed E-state index contributed by atoms with van der Waals surface area (Å²) in [6.45, 7) is 1.36. The van der Waals surface area contributed by atoms with E-state index in [-0.39, 0.29) is 10.7 Å². The highest BCUT2D eigenvalue weighted by molar-refractivity contribution is 7.92. The third-order valence-electron chi connectivity index (χ3n) is 6.23. The molecule has 190 valence electrons. The number of nitrogens with one attached hydrogen (secondary N) is 1. The molecular weight excluding hydrogens is 503 g/mol. The maximum absolute atomic E-state index is 13.6. The summed E-state index contributed by atoms with van der Waals surface area (Å²) in [6.07, 6.45) is 2.24. The smallest absolute Gasteiger partial charge is 0.302 e. The van der Waals surface area contributed by atoms with Crippen LogP contribution in [0, 0.1) is 0 Å². The van der Waals surface area contributed by atoms with Crippen LogP contribution in [-0.4, -0.2) is 48.4 Å². The fraction of sp³-hybridized carbons (Fsp3) is 0.192. The molecule has 1 N–H and O–H groups in total. The first kappa shape index (κ1) is 24.8. The van der Waals surface area contributed by atoms with Gasteiger partial charge in [0, 0.05) is 36.4 Å². The highest BCUT2D eigenvalue weighted by Gasteiger charge is 2.32. The zero-order valence-corrected chi connectivity index (χ0v) is 20.5. The molecule has 0 saturated heterocycles. The van der Waals surface area contributed by atoms with E-state index >= 15 is 0 Å². The molecule has 0 saturated carbocycles. The van der Waals surface area contributed by atoms with Crippen LogP contribution in [0.25, 0.3) is 27.6 Å². The summed E-state index contributed by atoms with van der Waals surface area (Å²) in [5.74, 6) is 0.131. The molecule has 3 heterocycles. The number of halogens is 3. The first-order valence-electron chi connectivity index (χ1n) is 11.4. The molecule has 0 aliphatic carbocycles. The van der Waals surface area contributed by atoms with E-state index in [9.17, 15) is 21.6 Å². The predicted octanol–water partition coefficient (Wildman–Crippen LogP) is 5.23. The van der Waals surface area contributed by atoms with Crippen molar-refractivity contribution >= 4 is 32.2 Å². The minimum Gasteiger partial charge on any atom is -0.302 e. The lowest BCUT2D eigenvalue weighted by atomic mass is 9.90. The molecule has 0 bridgehead atoms. The number of sulfonamides is 1. The van der Waals surface area contributed by atoms with Crippen LogP contribution in [0.2, 0.25) is 0 Å². The van der Waals surface area contributed by atoms with Gasteiger partial charge in [-0.15, -0.1) is 0 Å². The normalized spacial score (nSPS) is 15.0. The van der Waals surface area contributed by atoms with E-state index in [2.05, 4.69) is 24.6 Å². The number of aromatic nitrogens is 3. The fourth-order valence-electron chi connectivity index (χ4n) is 4.29. The Balaban J connectivity index is 1.61. The van der Waals surface area contributed by atoms with Gasteiger partial charge < -0.3 is 4.90 Å². The van der Waals surface area contributed by atoms with Crippen LogP contribution in [0.15, 0.2) is 78.2 Å². The van der Waals surface area contributed by atoms with Gasteiger partial charge in [0.1, 0.15) is 12.1 Å². The molecule has 1 aliphatic heterocycles. The number of hydrogen-bond donors (Lipinski definition) is 1. The lowest BCUT2D eigenvalue weighted by Gasteiger charge is -2.24. The number of rotatable bonds is 5. The Morgan fingerprint density at radius 2 is 1.81 bits per heavy atom. The summed E-state index contributed by atoms with van der Waals surface area (Å²) in [5, 5.41) is 1.21. The molecule has 11 heteroatoms. The SMILES string of the molecule is CN1CC=C(c2cc(C(F)(F)F)ccc2-c2nccc3cc(S(=O)(=O)Nc4ccncn4)ccc23)CC1. The maximum Gasteiger partial charge on any atom is 0.416 e. The Morgan fingerprint density at radius 1 is 0.973 bits per heavy atom. The second kappa shape index (κ2) is 9.56. The van der Waals surface area contributed by atoms with E-state index in [0.29, 0.717) is 40.6 Å². The van der Waals surface area contributed by atoms with Crippen LogP contribution < -0.4 is 4.72 Å². The van der Waals surface area contributed by atoms with E-state index in [0.717, 1.165) is 18.2 Å². The number of hydrogen-bond acceptors (Lipinski definition) is 6. The summed E-state index contributed by atoms with van der Waals surface area (Å²) < 4.78 is 69.0. The van der Waals surface area contributed by atoms with Crippen molar-refractivity contribution in [2.75, 3.05) is 24.9 Å². The molecule has 0 amide bonds. The fourth-order valence-corrected chi connectivity index (χ4v) is 5.34. The third-order valence-corrected chi connectivity index (χ3v) is 7.58. The van der Waals surface area contributed by atoms with Crippen LogP contribution in [0.4, 0.5) is 19.0 Å². The largest absolute Gasteiger partial charge is 0.416 e. The Morgan fingerprint density at radius 3 is 2.51 bits per heavy atom. The average molecular weight is 526 g/mol. The molecular formula is C26H22F3N5O2S. The van der Waals surface area contributed by atoms with Gasteiger partial charge >= 0.3 is 6.18 Å². The second-order valence-corrected chi connectivity index (χ2v) is 10.4. The molecule has 0 fully saturated rings. The van der Waals surface area contributed by atoms with Crippen molar-refractivity contribution in [3.8, 4) is 11.3 Å². The Hall–Kier alpha value is -3.83. The van der Waals surface area contributed by atoms with Crippen LogP contribution in [0.3, 0.4) is 0 Å². The number of likely N-dealkylation sites (N-methyl/N-ethyl adjacent to an activating group) is 1. The molecule has 2 aromatic carbocycles. The summed E-state index contributed by atoms with van der Waals surface area (Å²) >= 11 is 0. The van der Waals surface area contributed by atoms with E-state index in [1.165, 1.54) is 49.1 Å². The zero-order chi connectivity index (χ0) is 26.2. The van der Waals surface area contributed by atoms with Crippen LogP contribution >= 0.6 is 0 Å². The van der Waals surface area contributed by atoms with Crippen LogP contribution in [-0.2, 0) is 16.2 Å². The topological polar surface area (TPSA) is 88.1 Å². The maximum atomic E-state index is 13.6. The van der Waals surface area contributed by atoms with Gasteiger partial charge in [0.2, 0.25) is 0 Å². The van der Waals surface area contributed by atoms with Gasteiger partial charge in [0.05, 0.1) is 16.2 Å². The Labute approximate surface area is 211 Å². The van der Waals surface area contributed by atoms with Crippen molar-refractivity contribution in [1.82, 2.24) is 19.9 Å². The highest BCUT2D eigenvalue weighted by Crippen LogP contribution is 2.39. The van der Waals surface area contributed by atoms with E-state index < -0.39 is 21.8 Å². The van der Waals surface area contributed by atoms with E-state index in [1.807, 2.05) is 13.1 Å². The monoisotopic (exact) mass is 525 g/mol. The van der Waals surface area contributed by atoms with Gasteiger partial charge in [0.25, 0.3) is 10.0 Å². The van der Waals surface area contributed by atoms with Crippen molar-refractivity contribution in [1.29, 1.82) is 0 Å². The summed E-state index contributed by atoms with van der Waals surface area (Å²) in [4.78, 5) is 14.3. The van der Waals surface area contributed by atoms with Crippen molar-refractivity contribution in [2.45, 2.75) is 17.5 Å². The van der Waals surface area contributed by atoms with Crippen molar-refractivity contribution in [3.05, 3.63) is 84.5 Å². The Kier molecular flexibility index (Phi) is 6.42. The lowest BCUT2D eigenvalue weighted by Crippen LogP contribution is -2.24. The molecule has 0 radical (unpaired) electrons. The van der Waals surface area contributed by atoms with Gasteiger partial charge in [-0.2, -0.15) is 13.2 Å². The standard InChI is InChI=1S/C26H22F3N5O2S/c1-34-12-8-17(9-13-34)23-15-19(26(27,28)29)2-4-22(23)25-21-5-3-20(14-18(21)6-11-31-25)37(35,36)33-24-7-10-30-16-32-24/h2-8,10-11,14-16H,9,12-13H2,1H3,(H,30,32,33). The van der Waals surface area contributed by atoms with Gasteiger partial charge in [-0.3, -0.25) is 9.71 Å². The molecule has 7 nitrogen and oxygen atoms in total.